The first-order valence-electron chi connectivity index (χ1n) is 6.90. The van der Waals surface area contributed by atoms with Crippen molar-refractivity contribution in [2.75, 3.05) is 18.0 Å². The zero-order chi connectivity index (χ0) is 13.9. The summed E-state index contributed by atoms with van der Waals surface area (Å²) in [7, 11) is 0. The van der Waals surface area contributed by atoms with Crippen molar-refractivity contribution >= 4 is 27.4 Å². The fourth-order valence-corrected chi connectivity index (χ4v) is 2.92. The van der Waals surface area contributed by atoms with Crippen LogP contribution in [0.1, 0.15) is 28.8 Å². The van der Waals surface area contributed by atoms with Crippen molar-refractivity contribution in [1.29, 1.82) is 0 Å². The predicted octanol–water partition coefficient (Wildman–Crippen LogP) is 4.28. The van der Waals surface area contributed by atoms with Crippen LogP contribution in [0.2, 0.25) is 0 Å². The highest BCUT2D eigenvalue weighted by Crippen LogP contribution is 2.26. The summed E-state index contributed by atoms with van der Waals surface area (Å²) in [6.45, 7) is 2.09. The van der Waals surface area contributed by atoms with Gasteiger partial charge in [-0.15, -0.1) is 0 Å². The van der Waals surface area contributed by atoms with Gasteiger partial charge in [-0.2, -0.15) is 0 Å². The maximum Gasteiger partial charge on any atom is 0.195 e. The number of halogens is 1. The number of para-hydroxylation sites is 1. The van der Waals surface area contributed by atoms with Crippen LogP contribution in [0.4, 0.5) is 5.69 Å². The van der Waals surface area contributed by atoms with E-state index in [1.54, 1.807) is 0 Å². The largest absolute Gasteiger partial charge is 0.371 e. The van der Waals surface area contributed by atoms with E-state index in [-0.39, 0.29) is 5.78 Å². The summed E-state index contributed by atoms with van der Waals surface area (Å²) in [5.74, 6) is 0.0972. The summed E-state index contributed by atoms with van der Waals surface area (Å²) in [5, 5.41) is 0. The molecule has 3 heteroatoms. The van der Waals surface area contributed by atoms with Crippen LogP contribution >= 0.6 is 15.9 Å². The van der Waals surface area contributed by atoms with Gasteiger partial charge in [-0.1, -0.05) is 28.1 Å². The lowest BCUT2D eigenvalue weighted by Gasteiger charge is -2.20. The smallest absolute Gasteiger partial charge is 0.195 e. The average molecular weight is 330 g/mol. The monoisotopic (exact) mass is 329 g/mol. The summed E-state index contributed by atoms with van der Waals surface area (Å²) in [5.41, 5.74) is 2.61. The van der Waals surface area contributed by atoms with E-state index >= 15 is 0 Å². The number of carbonyl (C=O) groups excluding carboxylic acids is 1. The Balaban J connectivity index is 1.97. The van der Waals surface area contributed by atoms with E-state index < -0.39 is 0 Å². The van der Waals surface area contributed by atoms with Gasteiger partial charge < -0.3 is 4.90 Å². The minimum absolute atomic E-state index is 0.0972. The number of hydrogen-bond donors (Lipinski definition) is 0. The molecule has 20 heavy (non-hydrogen) atoms. The summed E-state index contributed by atoms with van der Waals surface area (Å²) < 4.78 is 0.988. The lowest BCUT2D eigenvalue weighted by Crippen LogP contribution is -2.20. The third kappa shape index (κ3) is 2.63. The van der Waals surface area contributed by atoms with Crippen molar-refractivity contribution in [3.63, 3.8) is 0 Å². The molecular weight excluding hydrogens is 314 g/mol. The summed E-state index contributed by atoms with van der Waals surface area (Å²) in [6, 6.07) is 15.5. The maximum absolute atomic E-state index is 12.7. The molecule has 0 N–H and O–H groups in total. The Hall–Kier alpha value is -1.61. The van der Waals surface area contributed by atoms with Gasteiger partial charge in [0.25, 0.3) is 0 Å². The van der Waals surface area contributed by atoms with Crippen LogP contribution in [0.15, 0.2) is 53.0 Å². The van der Waals surface area contributed by atoms with Gasteiger partial charge in [0.15, 0.2) is 5.78 Å². The molecule has 1 saturated heterocycles. The Labute approximate surface area is 127 Å². The number of anilines is 1. The molecule has 2 nitrogen and oxygen atoms in total. The Morgan fingerprint density at radius 3 is 2.30 bits per heavy atom. The van der Waals surface area contributed by atoms with E-state index in [0.717, 1.165) is 34.4 Å². The number of benzene rings is 2. The minimum atomic E-state index is 0.0972. The summed E-state index contributed by atoms with van der Waals surface area (Å²) in [4.78, 5) is 15.0. The molecule has 3 rings (SSSR count). The van der Waals surface area contributed by atoms with Crippen molar-refractivity contribution in [1.82, 2.24) is 0 Å². The van der Waals surface area contributed by atoms with Crippen molar-refractivity contribution in [3.05, 3.63) is 64.1 Å². The lowest BCUT2D eigenvalue weighted by molar-refractivity contribution is 0.103. The van der Waals surface area contributed by atoms with E-state index in [9.17, 15) is 4.79 Å². The van der Waals surface area contributed by atoms with Gasteiger partial charge in [-0.05, 0) is 49.2 Å². The van der Waals surface area contributed by atoms with Crippen LogP contribution in [-0.2, 0) is 0 Å². The topological polar surface area (TPSA) is 20.3 Å². The molecule has 1 aliphatic heterocycles. The Morgan fingerprint density at radius 2 is 1.60 bits per heavy atom. The molecule has 0 bridgehead atoms. The van der Waals surface area contributed by atoms with Crippen molar-refractivity contribution in [2.24, 2.45) is 0 Å². The first-order chi connectivity index (χ1) is 9.75. The van der Waals surface area contributed by atoms with Gasteiger partial charge in [0.05, 0.1) is 0 Å². The zero-order valence-electron chi connectivity index (χ0n) is 11.2. The van der Waals surface area contributed by atoms with E-state index in [1.165, 1.54) is 12.8 Å². The third-order valence-corrected chi connectivity index (χ3v) is 4.23. The highest BCUT2D eigenvalue weighted by atomic mass is 79.9. The standard InChI is InChI=1S/C17H16BrNO/c18-14-9-7-13(8-10-14)17(20)15-5-1-2-6-16(15)19-11-3-4-12-19/h1-2,5-10H,3-4,11-12H2. The van der Waals surface area contributed by atoms with Gasteiger partial charge in [-0.3, -0.25) is 4.79 Å². The van der Waals surface area contributed by atoms with Gasteiger partial charge in [-0.25, -0.2) is 0 Å². The molecule has 1 heterocycles. The highest BCUT2D eigenvalue weighted by molar-refractivity contribution is 9.10. The summed E-state index contributed by atoms with van der Waals surface area (Å²) in [6.07, 6.45) is 2.42. The van der Waals surface area contributed by atoms with Crippen LogP contribution < -0.4 is 4.90 Å². The Bertz CT molecular complexity index is 615. The van der Waals surface area contributed by atoms with E-state index in [2.05, 4.69) is 26.9 Å². The van der Waals surface area contributed by atoms with Crippen LogP contribution in [0, 0.1) is 0 Å². The predicted molar refractivity (Wildman–Crippen MR) is 85.5 cm³/mol. The third-order valence-electron chi connectivity index (χ3n) is 3.70. The Kier molecular flexibility index (Phi) is 3.88. The molecule has 0 unspecified atom stereocenters. The molecule has 0 atom stereocenters. The molecule has 1 fully saturated rings. The minimum Gasteiger partial charge on any atom is -0.371 e. The molecule has 0 saturated carbocycles. The SMILES string of the molecule is O=C(c1ccc(Br)cc1)c1ccccc1N1CCCC1. The van der Waals surface area contributed by atoms with Gasteiger partial charge in [0.2, 0.25) is 0 Å². The second-order valence-corrected chi connectivity index (χ2v) is 5.96. The first kappa shape index (κ1) is 13.4. The summed E-state index contributed by atoms with van der Waals surface area (Å²) >= 11 is 3.40. The van der Waals surface area contributed by atoms with Crippen molar-refractivity contribution in [3.8, 4) is 0 Å². The van der Waals surface area contributed by atoms with Gasteiger partial charge >= 0.3 is 0 Å². The normalized spacial score (nSPS) is 14.6. The van der Waals surface area contributed by atoms with Gasteiger partial charge in [0, 0.05) is 34.4 Å². The quantitative estimate of drug-likeness (QED) is 0.783. The van der Waals surface area contributed by atoms with Crippen LogP contribution in [-0.4, -0.2) is 18.9 Å². The average Bonchev–Trinajstić information content (AvgIpc) is 3.01. The fourth-order valence-electron chi connectivity index (χ4n) is 2.66. The Morgan fingerprint density at radius 1 is 0.950 bits per heavy atom. The van der Waals surface area contributed by atoms with E-state index in [0.29, 0.717) is 0 Å². The molecule has 0 aliphatic carbocycles. The number of nitrogens with zero attached hydrogens (tertiary/aromatic N) is 1. The van der Waals surface area contributed by atoms with E-state index in [4.69, 9.17) is 0 Å². The molecular formula is C17H16BrNO. The molecule has 0 radical (unpaired) electrons. The maximum atomic E-state index is 12.7. The molecule has 1 aliphatic rings. The van der Waals surface area contributed by atoms with Crippen LogP contribution in [0.25, 0.3) is 0 Å². The lowest BCUT2D eigenvalue weighted by atomic mass is 10.0. The van der Waals surface area contributed by atoms with E-state index in [1.807, 2.05) is 42.5 Å². The van der Waals surface area contributed by atoms with Crippen molar-refractivity contribution in [2.45, 2.75) is 12.8 Å². The van der Waals surface area contributed by atoms with Gasteiger partial charge in [0.1, 0.15) is 0 Å². The van der Waals surface area contributed by atoms with Crippen LogP contribution in [0.5, 0.6) is 0 Å². The molecule has 102 valence electrons. The number of carbonyl (C=O) groups is 1. The van der Waals surface area contributed by atoms with Crippen LogP contribution in [0.3, 0.4) is 0 Å². The molecule has 2 aromatic rings. The number of ketones is 1. The molecule has 0 amide bonds. The molecule has 0 spiro atoms. The zero-order valence-corrected chi connectivity index (χ0v) is 12.8. The number of rotatable bonds is 3. The number of hydrogen-bond acceptors (Lipinski definition) is 2. The second kappa shape index (κ2) is 5.80. The fraction of sp³-hybridized carbons (Fsp3) is 0.235. The first-order valence-corrected chi connectivity index (χ1v) is 7.69. The molecule has 2 aromatic carbocycles. The highest BCUT2D eigenvalue weighted by Gasteiger charge is 2.19. The van der Waals surface area contributed by atoms with Crippen molar-refractivity contribution < 1.29 is 4.79 Å². The molecule has 0 aromatic heterocycles. The second-order valence-electron chi connectivity index (χ2n) is 5.05.